The molecule has 0 aliphatic carbocycles. The molecule has 0 aromatic carbocycles. The molecule has 0 unspecified atom stereocenters. The van der Waals surface area contributed by atoms with Crippen LogP contribution in [-0.2, 0) is 14.0 Å². The topological polar surface area (TPSA) is 108 Å². The second-order valence-corrected chi connectivity index (χ2v) is 13.5. The van der Waals surface area contributed by atoms with E-state index in [-0.39, 0.29) is 24.9 Å². The van der Waals surface area contributed by atoms with Crippen molar-refractivity contribution in [2.75, 3.05) is 19.7 Å². The van der Waals surface area contributed by atoms with Gasteiger partial charge < -0.3 is 13.6 Å². The molecule has 2 N–H and O–H groups in total. The lowest BCUT2D eigenvalue weighted by atomic mass is 10.5. The SMILES string of the molecule is O=C1CN([Si]2(N3CC(=O)NC3=O)CCCO[SiH2]2)C(=O)N1. The van der Waals surface area contributed by atoms with E-state index in [2.05, 4.69) is 10.6 Å². The van der Waals surface area contributed by atoms with Crippen molar-refractivity contribution in [2.45, 2.75) is 12.5 Å². The molecule has 0 aromatic heterocycles. The Morgan fingerprint density at radius 1 is 1.00 bits per heavy atom. The van der Waals surface area contributed by atoms with Crippen LogP contribution in [0, 0.1) is 0 Å². The van der Waals surface area contributed by atoms with Crippen LogP contribution in [0.2, 0.25) is 6.04 Å². The molecule has 0 bridgehead atoms. The molecule has 108 valence electrons. The molecule has 0 aromatic rings. The first kappa shape index (κ1) is 13.3. The lowest BCUT2D eigenvalue weighted by Crippen LogP contribution is -2.72. The van der Waals surface area contributed by atoms with Gasteiger partial charge in [0.15, 0.2) is 0 Å². The fourth-order valence-electron chi connectivity index (χ4n) is 2.89. The van der Waals surface area contributed by atoms with Crippen molar-refractivity contribution in [3.05, 3.63) is 0 Å². The fraction of sp³-hybridized carbons (Fsp3) is 0.556. The Morgan fingerprint density at radius 2 is 1.55 bits per heavy atom. The number of rotatable bonds is 2. The molecule has 3 saturated heterocycles. The summed E-state index contributed by atoms with van der Waals surface area (Å²) in [4.78, 5) is 46.9. The Hall–Kier alpha value is -1.73. The first-order valence-corrected chi connectivity index (χ1v) is 11.3. The highest BCUT2D eigenvalue weighted by Gasteiger charge is 2.57. The summed E-state index contributed by atoms with van der Waals surface area (Å²) in [5.74, 6) is -0.736. The Labute approximate surface area is 117 Å². The second-order valence-electron chi connectivity index (χ2n) is 5.02. The number of carbonyl (C=O) groups excluding carboxylic acids is 4. The molecule has 0 saturated carbocycles. The molecular weight excluding hydrogens is 300 g/mol. The highest BCUT2D eigenvalue weighted by Crippen LogP contribution is 2.28. The lowest BCUT2D eigenvalue weighted by Gasteiger charge is -2.45. The van der Waals surface area contributed by atoms with Crippen molar-refractivity contribution in [1.29, 1.82) is 0 Å². The molecule has 3 heterocycles. The zero-order valence-corrected chi connectivity index (χ0v) is 13.1. The summed E-state index contributed by atoms with van der Waals surface area (Å²) in [5.41, 5.74) is 0. The molecule has 0 radical (unpaired) electrons. The van der Waals surface area contributed by atoms with E-state index < -0.39 is 29.3 Å². The van der Waals surface area contributed by atoms with Crippen LogP contribution in [0.4, 0.5) is 9.59 Å². The van der Waals surface area contributed by atoms with E-state index in [1.54, 1.807) is 0 Å². The molecule has 9 nitrogen and oxygen atoms in total. The third kappa shape index (κ3) is 1.94. The highest BCUT2D eigenvalue weighted by atomic mass is 29.2. The van der Waals surface area contributed by atoms with Crippen molar-refractivity contribution in [1.82, 2.24) is 19.8 Å². The molecule has 11 heteroatoms. The van der Waals surface area contributed by atoms with E-state index in [4.69, 9.17) is 4.43 Å². The molecule has 0 spiro atoms. The molecule has 3 fully saturated rings. The first-order valence-electron chi connectivity index (χ1n) is 6.33. The van der Waals surface area contributed by atoms with Crippen LogP contribution in [0.25, 0.3) is 0 Å². The molecule has 3 aliphatic rings. The van der Waals surface area contributed by atoms with Crippen LogP contribution in [0.15, 0.2) is 0 Å². The van der Waals surface area contributed by atoms with Crippen LogP contribution < -0.4 is 10.6 Å². The third-order valence-corrected chi connectivity index (χ3v) is 14.0. The summed E-state index contributed by atoms with van der Waals surface area (Å²) < 4.78 is 8.58. The summed E-state index contributed by atoms with van der Waals surface area (Å²) in [5, 5.41) is 4.49. The van der Waals surface area contributed by atoms with Crippen molar-refractivity contribution in [3.63, 3.8) is 0 Å². The van der Waals surface area contributed by atoms with Gasteiger partial charge in [-0.3, -0.25) is 20.2 Å². The van der Waals surface area contributed by atoms with Gasteiger partial charge in [0.25, 0.3) is 7.91 Å². The standard InChI is InChI=1S/C9H14N4O5Si2/c14-6-4-12(8(16)10-6)20(3-1-2-18-19-20)13-5-7(15)11-9(13)17/h1-5,19H2,(H,10,14,16)(H,11,15,17). The highest BCUT2D eigenvalue weighted by molar-refractivity contribution is 7.21. The van der Waals surface area contributed by atoms with Gasteiger partial charge in [-0.05, 0) is 12.5 Å². The quantitative estimate of drug-likeness (QED) is 0.434. The summed E-state index contributed by atoms with van der Waals surface area (Å²) in [6, 6.07) is -0.265. The van der Waals surface area contributed by atoms with E-state index in [9.17, 15) is 19.2 Å². The van der Waals surface area contributed by atoms with Crippen LogP contribution in [0.1, 0.15) is 6.42 Å². The van der Waals surface area contributed by atoms with Gasteiger partial charge in [0.05, 0.1) is 13.1 Å². The van der Waals surface area contributed by atoms with E-state index >= 15 is 0 Å². The van der Waals surface area contributed by atoms with Crippen molar-refractivity contribution in [3.8, 4) is 0 Å². The van der Waals surface area contributed by atoms with E-state index in [1.807, 2.05) is 0 Å². The average Bonchev–Trinajstić information content (AvgIpc) is 2.93. The fourth-order valence-corrected chi connectivity index (χ4v) is 12.4. The maximum atomic E-state index is 12.0. The van der Waals surface area contributed by atoms with Gasteiger partial charge in [-0.2, -0.15) is 0 Å². The predicted octanol–water partition coefficient (Wildman–Crippen LogP) is -2.47. The van der Waals surface area contributed by atoms with Crippen LogP contribution >= 0.6 is 0 Å². The zero-order chi connectivity index (χ0) is 14.3. The molecular formula is C9H14N4O5Si2. The molecule has 3 rings (SSSR count). The Kier molecular flexibility index (Phi) is 3.10. The number of hydrogen-bond donors (Lipinski definition) is 2. The smallest absolute Gasteiger partial charge is 0.317 e. The van der Waals surface area contributed by atoms with Gasteiger partial charge in [0.2, 0.25) is 21.1 Å². The van der Waals surface area contributed by atoms with Crippen molar-refractivity contribution < 1.29 is 23.6 Å². The zero-order valence-electron chi connectivity index (χ0n) is 10.7. The number of urea groups is 2. The normalized spacial score (nSPS) is 27.2. The molecule has 0 atom stereocenters. The average molecular weight is 314 g/mol. The maximum Gasteiger partial charge on any atom is 0.317 e. The third-order valence-electron chi connectivity index (χ3n) is 3.79. The first-order chi connectivity index (χ1) is 9.53. The number of amides is 6. The summed E-state index contributed by atoms with van der Waals surface area (Å²) >= 11 is 0. The number of imide groups is 2. The summed E-state index contributed by atoms with van der Waals surface area (Å²) in [6.45, 7) is 0.534. The van der Waals surface area contributed by atoms with Gasteiger partial charge in [0.1, 0.15) is 0 Å². The summed E-state index contributed by atoms with van der Waals surface area (Å²) in [7, 11) is -3.90. The van der Waals surface area contributed by atoms with Gasteiger partial charge in [-0.25, -0.2) is 9.59 Å². The minimum atomic E-state index is -2.71. The minimum Gasteiger partial charge on any atom is -0.423 e. The summed E-state index contributed by atoms with van der Waals surface area (Å²) in [6.07, 6.45) is 0.731. The van der Waals surface area contributed by atoms with Gasteiger partial charge >= 0.3 is 12.1 Å². The number of nitrogens with zero attached hydrogens (tertiary/aromatic N) is 2. The monoisotopic (exact) mass is 314 g/mol. The lowest BCUT2D eigenvalue weighted by molar-refractivity contribution is -0.118. The van der Waals surface area contributed by atoms with Crippen LogP contribution in [0.5, 0.6) is 0 Å². The second kappa shape index (κ2) is 4.68. The van der Waals surface area contributed by atoms with E-state index in [0.717, 1.165) is 6.42 Å². The van der Waals surface area contributed by atoms with Gasteiger partial charge in [-0.15, -0.1) is 0 Å². The van der Waals surface area contributed by atoms with Gasteiger partial charge in [-0.1, -0.05) is 0 Å². The molecule has 3 aliphatic heterocycles. The predicted molar refractivity (Wildman–Crippen MR) is 70.2 cm³/mol. The Balaban J connectivity index is 1.96. The van der Waals surface area contributed by atoms with Crippen LogP contribution in [0.3, 0.4) is 0 Å². The van der Waals surface area contributed by atoms with Crippen molar-refractivity contribution >= 4 is 41.1 Å². The van der Waals surface area contributed by atoms with E-state index in [0.29, 0.717) is 12.7 Å². The number of carbonyl (C=O) groups is 4. The Bertz CT molecular complexity index is 469. The maximum absolute atomic E-state index is 12.0. The molecule has 6 amide bonds. The van der Waals surface area contributed by atoms with Crippen LogP contribution in [-0.4, -0.2) is 69.9 Å². The van der Waals surface area contributed by atoms with Gasteiger partial charge in [0, 0.05) is 6.61 Å². The largest absolute Gasteiger partial charge is 0.423 e. The van der Waals surface area contributed by atoms with Crippen molar-refractivity contribution in [2.24, 2.45) is 0 Å². The van der Waals surface area contributed by atoms with E-state index in [1.165, 1.54) is 9.13 Å². The number of nitrogens with one attached hydrogen (secondary N) is 2. The number of hydrogen-bond acceptors (Lipinski definition) is 5. The molecule has 20 heavy (non-hydrogen) atoms. The minimum absolute atomic E-state index is 0.0423. The Morgan fingerprint density at radius 3 is 1.90 bits per heavy atom.